The molecule has 0 saturated heterocycles. The Balaban J connectivity index is 2.18. The Labute approximate surface area is 125 Å². The zero-order chi connectivity index (χ0) is 15.5. The molecule has 0 spiro atoms. The fourth-order valence-corrected chi connectivity index (χ4v) is 3.45. The van der Waals surface area contributed by atoms with E-state index in [1.165, 1.54) is 6.07 Å². The topological polar surface area (TPSA) is 72.5 Å². The maximum absolute atomic E-state index is 12.3. The summed E-state index contributed by atoms with van der Waals surface area (Å²) in [4.78, 5) is 11.8. The third-order valence-electron chi connectivity index (χ3n) is 3.38. The summed E-state index contributed by atoms with van der Waals surface area (Å²) in [5.74, 6) is 0.260. The molecule has 0 aliphatic carbocycles. The van der Waals surface area contributed by atoms with Crippen molar-refractivity contribution in [1.82, 2.24) is 4.72 Å². The molecule has 1 heterocycles. The van der Waals surface area contributed by atoms with E-state index in [0.717, 1.165) is 18.4 Å². The van der Waals surface area contributed by atoms with Crippen LogP contribution in [0.25, 0.3) is 0 Å². The van der Waals surface area contributed by atoms with Gasteiger partial charge in [-0.05, 0) is 36.8 Å². The lowest BCUT2D eigenvalue weighted by Crippen LogP contribution is -2.31. The van der Waals surface area contributed by atoms with Gasteiger partial charge in [-0.3, -0.25) is 4.79 Å². The van der Waals surface area contributed by atoms with Crippen molar-refractivity contribution >= 4 is 15.9 Å². The number of hydrogen-bond acceptors (Lipinski definition) is 4. The van der Waals surface area contributed by atoms with Crippen molar-refractivity contribution in [1.29, 1.82) is 0 Å². The highest BCUT2D eigenvalue weighted by atomic mass is 32.2. The first-order chi connectivity index (χ1) is 9.90. The minimum atomic E-state index is -3.87. The molecular weight excluding hydrogens is 290 g/mol. The Bertz CT molecular complexity index is 623. The van der Waals surface area contributed by atoms with Crippen LogP contribution < -0.4 is 9.46 Å². The van der Waals surface area contributed by atoms with Crippen LogP contribution in [-0.4, -0.2) is 20.9 Å². The van der Waals surface area contributed by atoms with Crippen LogP contribution in [0.15, 0.2) is 23.1 Å². The zero-order valence-corrected chi connectivity index (χ0v) is 13.2. The number of fused-ring (bicyclic) bond motifs is 1. The summed E-state index contributed by atoms with van der Waals surface area (Å²) in [6.07, 6.45) is 2.52. The van der Waals surface area contributed by atoms with Crippen molar-refractivity contribution in [3.8, 4) is 5.75 Å². The maximum Gasteiger partial charge on any atom is 0.267 e. The molecule has 1 aliphatic heterocycles. The Morgan fingerprint density at radius 3 is 2.86 bits per heavy atom. The normalized spacial score (nSPS) is 14.4. The van der Waals surface area contributed by atoms with Crippen LogP contribution in [0.2, 0.25) is 0 Å². The number of benzene rings is 1. The molecule has 0 bridgehead atoms. The van der Waals surface area contributed by atoms with Gasteiger partial charge in [-0.1, -0.05) is 26.0 Å². The number of aryl methyl sites for hydroxylation is 1. The molecule has 1 aromatic carbocycles. The summed E-state index contributed by atoms with van der Waals surface area (Å²) in [7, 11) is -3.87. The summed E-state index contributed by atoms with van der Waals surface area (Å²) >= 11 is 0. The summed E-state index contributed by atoms with van der Waals surface area (Å²) in [6.45, 7) is 4.48. The molecule has 0 saturated carbocycles. The van der Waals surface area contributed by atoms with E-state index in [4.69, 9.17) is 4.74 Å². The van der Waals surface area contributed by atoms with E-state index in [9.17, 15) is 13.2 Å². The number of sulfonamides is 1. The number of ether oxygens (including phenoxy) is 1. The molecule has 5 nitrogen and oxygen atoms in total. The number of hydrogen-bond donors (Lipinski definition) is 1. The summed E-state index contributed by atoms with van der Waals surface area (Å²) in [5, 5.41) is 0. The molecule has 0 atom stereocenters. The highest BCUT2D eigenvalue weighted by molar-refractivity contribution is 7.90. The number of rotatable bonds is 5. The summed E-state index contributed by atoms with van der Waals surface area (Å²) in [6, 6.07) is 5.01. The first kappa shape index (κ1) is 15.8. The number of para-hydroxylation sites is 1. The monoisotopic (exact) mass is 311 g/mol. The Morgan fingerprint density at radius 2 is 2.14 bits per heavy atom. The predicted molar refractivity (Wildman–Crippen MR) is 79.7 cm³/mol. The third kappa shape index (κ3) is 3.97. The molecule has 0 unspecified atom stereocenters. The molecular formula is C15H21NO4S. The fraction of sp³-hybridized carbons (Fsp3) is 0.533. The molecule has 21 heavy (non-hydrogen) atoms. The van der Waals surface area contributed by atoms with E-state index < -0.39 is 15.9 Å². The average molecular weight is 311 g/mol. The molecule has 116 valence electrons. The van der Waals surface area contributed by atoms with Crippen molar-refractivity contribution in [3.63, 3.8) is 0 Å². The van der Waals surface area contributed by atoms with Crippen molar-refractivity contribution in [2.45, 2.75) is 44.4 Å². The molecule has 1 amide bonds. The van der Waals surface area contributed by atoms with Crippen molar-refractivity contribution in [3.05, 3.63) is 23.8 Å². The Morgan fingerprint density at radius 1 is 1.38 bits per heavy atom. The number of nitrogens with one attached hydrogen (secondary N) is 1. The molecule has 0 aromatic heterocycles. The van der Waals surface area contributed by atoms with Crippen LogP contribution in [0.5, 0.6) is 5.75 Å². The number of carbonyl (C=O) groups is 1. The smallest absolute Gasteiger partial charge is 0.267 e. The summed E-state index contributed by atoms with van der Waals surface area (Å²) < 4.78 is 32.3. The third-order valence-corrected chi connectivity index (χ3v) is 4.78. The lowest BCUT2D eigenvalue weighted by atomic mass is 10.1. The highest BCUT2D eigenvalue weighted by Gasteiger charge is 2.25. The molecule has 1 aliphatic rings. The first-order valence-electron chi connectivity index (χ1n) is 7.20. The van der Waals surface area contributed by atoms with Crippen LogP contribution in [-0.2, 0) is 21.2 Å². The Hall–Kier alpha value is -1.56. The fourth-order valence-electron chi connectivity index (χ4n) is 2.25. The van der Waals surface area contributed by atoms with Crippen LogP contribution >= 0.6 is 0 Å². The molecule has 1 aromatic rings. The Kier molecular flexibility index (Phi) is 4.88. The quantitative estimate of drug-likeness (QED) is 0.905. The molecule has 6 heteroatoms. The lowest BCUT2D eigenvalue weighted by molar-refractivity contribution is -0.119. The second-order valence-electron chi connectivity index (χ2n) is 5.66. The minimum absolute atomic E-state index is 0.0533. The SMILES string of the molecule is CC(C)CCC(=O)NS(=O)(=O)c1cccc2c1OCCC2. The van der Waals surface area contributed by atoms with Gasteiger partial charge < -0.3 is 4.74 Å². The van der Waals surface area contributed by atoms with Gasteiger partial charge in [-0.15, -0.1) is 0 Å². The van der Waals surface area contributed by atoms with Crippen LogP contribution in [0.4, 0.5) is 0 Å². The van der Waals surface area contributed by atoms with Crippen molar-refractivity contribution in [2.24, 2.45) is 5.92 Å². The standard InChI is InChI=1S/C15H21NO4S/c1-11(2)8-9-14(17)16-21(18,19)13-7-3-5-12-6-4-10-20-15(12)13/h3,5,7,11H,4,6,8-10H2,1-2H3,(H,16,17). The van der Waals surface area contributed by atoms with E-state index in [0.29, 0.717) is 24.7 Å². The van der Waals surface area contributed by atoms with Crippen LogP contribution in [0.1, 0.15) is 38.7 Å². The predicted octanol–water partition coefficient (Wildman–Crippen LogP) is 2.25. The summed E-state index contributed by atoms with van der Waals surface area (Å²) in [5.41, 5.74) is 0.874. The van der Waals surface area contributed by atoms with E-state index in [1.807, 2.05) is 19.9 Å². The van der Waals surface area contributed by atoms with E-state index in [-0.39, 0.29) is 11.3 Å². The molecule has 0 fully saturated rings. The van der Waals surface area contributed by atoms with Gasteiger partial charge in [0.05, 0.1) is 6.61 Å². The van der Waals surface area contributed by atoms with Crippen LogP contribution in [0.3, 0.4) is 0 Å². The second-order valence-corrected chi connectivity index (χ2v) is 7.31. The first-order valence-corrected chi connectivity index (χ1v) is 8.69. The van der Waals surface area contributed by atoms with Gasteiger partial charge in [0.2, 0.25) is 5.91 Å². The zero-order valence-electron chi connectivity index (χ0n) is 12.4. The molecule has 1 N–H and O–H groups in total. The van der Waals surface area contributed by atoms with Crippen molar-refractivity contribution in [2.75, 3.05) is 6.61 Å². The molecule has 2 rings (SSSR count). The average Bonchev–Trinajstić information content (AvgIpc) is 2.44. The van der Waals surface area contributed by atoms with E-state index >= 15 is 0 Å². The van der Waals surface area contributed by atoms with Gasteiger partial charge in [0.25, 0.3) is 10.0 Å². The minimum Gasteiger partial charge on any atom is -0.492 e. The van der Waals surface area contributed by atoms with Gasteiger partial charge in [-0.2, -0.15) is 0 Å². The van der Waals surface area contributed by atoms with Crippen LogP contribution in [0, 0.1) is 5.92 Å². The lowest BCUT2D eigenvalue weighted by Gasteiger charge is -2.20. The maximum atomic E-state index is 12.3. The van der Waals surface area contributed by atoms with Gasteiger partial charge in [0.1, 0.15) is 10.6 Å². The second kappa shape index (κ2) is 6.47. The largest absolute Gasteiger partial charge is 0.492 e. The number of carbonyl (C=O) groups excluding carboxylic acids is 1. The van der Waals surface area contributed by atoms with Crippen molar-refractivity contribution < 1.29 is 17.9 Å². The van der Waals surface area contributed by atoms with Gasteiger partial charge in [-0.25, -0.2) is 13.1 Å². The highest BCUT2D eigenvalue weighted by Crippen LogP contribution is 2.31. The van der Waals surface area contributed by atoms with E-state index in [1.54, 1.807) is 6.07 Å². The van der Waals surface area contributed by atoms with E-state index in [2.05, 4.69) is 4.72 Å². The number of amides is 1. The van der Waals surface area contributed by atoms with Gasteiger partial charge >= 0.3 is 0 Å². The molecule has 0 radical (unpaired) electrons. The van der Waals surface area contributed by atoms with Gasteiger partial charge in [0.15, 0.2) is 0 Å². The van der Waals surface area contributed by atoms with Gasteiger partial charge in [0, 0.05) is 6.42 Å².